The van der Waals surface area contributed by atoms with E-state index in [0.717, 1.165) is 12.8 Å². The fourth-order valence-corrected chi connectivity index (χ4v) is 4.11. The zero-order valence-electron chi connectivity index (χ0n) is 12.2. The molecule has 0 bridgehead atoms. The van der Waals surface area contributed by atoms with Gasteiger partial charge in [0.05, 0.1) is 10.9 Å². The third kappa shape index (κ3) is 4.43. The van der Waals surface area contributed by atoms with Gasteiger partial charge in [-0.1, -0.05) is 44.0 Å². The topological polar surface area (TPSA) is 0 Å². The van der Waals surface area contributed by atoms with Crippen molar-refractivity contribution in [2.45, 2.75) is 19.8 Å². The summed E-state index contributed by atoms with van der Waals surface area (Å²) in [5.74, 6) is 0. The van der Waals surface area contributed by atoms with Gasteiger partial charge < -0.3 is 0 Å². The Labute approximate surface area is 126 Å². The van der Waals surface area contributed by atoms with E-state index < -0.39 is 0 Å². The second-order valence-corrected chi connectivity index (χ2v) is 6.21. The molecule has 0 aromatic heterocycles. The van der Waals surface area contributed by atoms with Crippen LogP contribution >= 0.6 is 0 Å². The molecule has 1 heteroatoms. The Morgan fingerprint density at radius 3 is 2.45 bits per heavy atom. The zero-order valence-corrected chi connectivity index (χ0v) is 13.0. The Morgan fingerprint density at radius 2 is 1.95 bits per heavy atom. The van der Waals surface area contributed by atoms with Crippen molar-refractivity contribution >= 4 is 10.9 Å². The largest absolute Gasteiger partial charge is 0.165 e. The Bertz CT molecular complexity index is 510. The molecule has 0 radical (unpaired) electrons. The van der Waals surface area contributed by atoms with Gasteiger partial charge in [-0.15, -0.1) is 0 Å². The normalized spacial score (nSPS) is 17.8. The van der Waals surface area contributed by atoms with Gasteiger partial charge in [0, 0.05) is 0 Å². The van der Waals surface area contributed by atoms with Gasteiger partial charge in [-0.05, 0) is 56.2 Å². The first-order valence-electron chi connectivity index (χ1n) is 6.80. The van der Waals surface area contributed by atoms with Crippen LogP contribution in [0.3, 0.4) is 0 Å². The molecule has 20 heavy (non-hydrogen) atoms. The maximum Gasteiger partial charge on any atom is 0.165 e. The summed E-state index contributed by atoms with van der Waals surface area (Å²) in [6.45, 7) is 13.6. The first-order valence-corrected chi connectivity index (χ1v) is 8.02. The summed E-state index contributed by atoms with van der Waals surface area (Å²) in [5.41, 5.74) is 0. The van der Waals surface area contributed by atoms with Crippen molar-refractivity contribution in [3.05, 3.63) is 95.2 Å². The quantitative estimate of drug-likeness (QED) is 0.413. The molecule has 1 rings (SSSR count). The van der Waals surface area contributed by atoms with E-state index in [4.69, 9.17) is 0 Å². The maximum atomic E-state index is 3.96. The lowest BCUT2D eigenvalue weighted by Crippen LogP contribution is -2.09. The molecular weight excluding hydrogens is 260 g/mol. The van der Waals surface area contributed by atoms with Gasteiger partial charge in [-0.25, -0.2) is 0 Å². The van der Waals surface area contributed by atoms with Crippen LogP contribution in [0.2, 0.25) is 0 Å². The molecule has 0 aliphatic heterocycles. The summed E-state index contributed by atoms with van der Waals surface area (Å²) in [5, 5.41) is 0. The summed E-state index contributed by atoms with van der Waals surface area (Å²) in [6.07, 6.45) is 22.9. The molecule has 0 aromatic carbocycles. The van der Waals surface area contributed by atoms with E-state index in [9.17, 15) is 0 Å². The zero-order chi connectivity index (χ0) is 14.8. The Morgan fingerprint density at radius 1 is 1.15 bits per heavy atom. The number of allylic oxidation sites excluding steroid dienone is 10. The molecule has 0 saturated carbocycles. The summed E-state index contributed by atoms with van der Waals surface area (Å²) in [7, 11) is -0.115. The summed E-state index contributed by atoms with van der Waals surface area (Å²) < 4.78 is 0. The Kier molecular flexibility index (Phi) is 7.52. The number of hydrogen-bond donors (Lipinski definition) is 0. The van der Waals surface area contributed by atoms with Crippen molar-refractivity contribution in [3.63, 3.8) is 0 Å². The predicted octanol–water partition coefficient (Wildman–Crippen LogP) is 5.74. The van der Waals surface area contributed by atoms with E-state index >= 15 is 0 Å². The molecule has 0 heterocycles. The lowest BCUT2D eigenvalue weighted by Gasteiger charge is -2.11. The van der Waals surface area contributed by atoms with Crippen molar-refractivity contribution in [1.82, 2.24) is 0 Å². The molecule has 104 valence electrons. The number of hydrogen-bond acceptors (Lipinski definition) is 0. The molecule has 0 aromatic rings. The second-order valence-electron chi connectivity index (χ2n) is 4.19. The van der Waals surface area contributed by atoms with Gasteiger partial charge in [-0.2, -0.15) is 0 Å². The van der Waals surface area contributed by atoms with E-state index in [0.29, 0.717) is 0 Å². The third-order valence-corrected chi connectivity index (χ3v) is 5.22. The minimum Gasteiger partial charge on any atom is -0.0991 e. The fourth-order valence-electron chi connectivity index (χ4n) is 1.93. The lowest BCUT2D eigenvalue weighted by atomic mass is 10.2. The van der Waals surface area contributed by atoms with E-state index in [1.807, 2.05) is 24.3 Å². The first-order chi connectivity index (χ1) is 9.78. The van der Waals surface area contributed by atoms with Gasteiger partial charge in [0.2, 0.25) is 0 Å². The molecule has 0 saturated heterocycles. The van der Waals surface area contributed by atoms with Crippen LogP contribution in [0, 0.1) is 0 Å². The molecule has 0 amide bonds. The van der Waals surface area contributed by atoms with Crippen LogP contribution in [-0.4, -0.2) is 0 Å². The van der Waals surface area contributed by atoms with Crippen molar-refractivity contribution in [2.75, 3.05) is 0 Å². The van der Waals surface area contributed by atoms with Crippen LogP contribution in [0.4, 0.5) is 0 Å². The molecule has 0 spiro atoms. The Balaban J connectivity index is 3.28. The molecule has 0 N–H and O–H groups in total. The highest BCUT2D eigenvalue weighted by Gasteiger charge is 2.31. The van der Waals surface area contributed by atoms with E-state index in [1.165, 1.54) is 14.7 Å². The predicted molar refractivity (Wildman–Crippen MR) is 95.4 cm³/mol. The highest BCUT2D eigenvalue weighted by molar-refractivity contribution is 8.08. The first kappa shape index (κ1) is 16.3. The SMILES string of the molecule is C=C/C=C\C(=C/C)[S+](C1=CCCC=C1)/C(C=C)=C/C=C. The smallest absolute Gasteiger partial charge is 0.0991 e. The molecule has 0 nitrogen and oxygen atoms in total. The van der Waals surface area contributed by atoms with E-state index in [-0.39, 0.29) is 10.9 Å². The lowest BCUT2D eigenvalue weighted by molar-refractivity contribution is 1.03. The van der Waals surface area contributed by atoms with Crippen molar-refractivity contribution in [2.24, 2.45) is 0 Å². The van der Waals surface area contributed by atoms with Crippen LogP contribution in [-0.2, 0) is 10.9 Å². The minimum atomic E-state index is -0.115. The number of rotatable bonds is 7. The van der Waals surface area contributed by atoms with Crippen LogP contribution in [0.5, 0.6) is 0 Å². The van der Waals surface area contributed by atoms with Gasteiger partial charge in [0.15, 0.2) is 14.7 Å². The summed E-state index contributed by atoms with van der Waals surface area (Å²) in [6, 6.07) is 0. The molecular formula is C19H23S+. The summed E-state index contributed by atoms with van der Waals surface area (Å²) >= 11 is 0. The van der Waals surface area contributed by atoms with Gasteiger partial charge in [0.25, 0.3) is 0 Å². The molecule has 1 atom stereocenters. The van der Waals surface area contributed by atoms with Gasteiger partial charge in [0.1, 0.15) is 0 Å². The fraction of sp³-hybridized carbons (Fsp3) is 0.158. The second kappa shape index (κ2) is 9.22. The van der Waals surface area contributed by atoms with Crippen LogP contribution in [0.15, 0.2) is 95.2 Å². The maximum absolute atomic E-state index is 3.96. The average Bonchev–Trinajstić information content (AvgIpc) is 2.50. The highest BCUT2D eigenvalue weighted by atomic mass is 32.2. The average molecular weight is 283 g/mol. The molecule has 1 aliphatic rings. The molecule has 1 aliphatic carbocycles. The van der Waals surface area contributed by atoms with Crippen molar-refractivity contribution in [1.29, 1.82) is 0 Å². The van der Waals surface area contributed by atoms with Crippen LogP contribution in [0.1, 0.15) is 19.8 Å². The minimum absolute atomic E-state index is 0.115. The van der Waals surface area contributed by atoms with Crippen LogP contribution < -0.4 is 0 Å². The highest BCUT2D eigenvalue weighted by Crippen LogP contribution is 2.33. The summed E-state index contributed by atoms with van der Waals surface area (Å²) in [4.78, 5) is 3.82. The van der Waals surface area contributed by atoms with Crippen LogP contribution in [0.25, 0.3) is 0 Å². The van der Waals surface area contributed by atoms with E-state index in [2.05, 4.69) is 57.0 Å². The Hall–Kier alpha value is -1.73. The van der Waals surface area contributed by atoms with Crippen molar-refractivity contribution in [3.8, 4) is 0 Å². The third-order valence-electron chi connectivity index (χ3n) is 2.83. The van der Waals surface area contributed by atoms with E-state index in [1.54, 1.807) is 6.08 Å². The molecule has 1 unspecified atom stereocenters. The van der Waals surface area contributed by atoms with Crippen molar-refractivity contribution < 1.29 is 0 Å². The van der Waals surface area contributed by atoms with Gasteiger partial charge >= 0.3 is 0 Å². The molecule has 0 fully saturated rings. The van der Waals surface area contributed by atoms with Gasteiger partial charge in [-0.3, -0.25) is 0 Å². The monoisotopic (exact) mass is 283 g/mol. The standard InChI is InChI=1S/C19H23S/c1-5-9-14-18(8-4)20(17(7-3)13-6-2)19-15-11-10-12-16-19/h5-9,11,13-16H,1-3,10,12H2,4H3/q+1/b14-9-,17-13+,18-8+.